The average Bonchev–Trinajstić information content (AvgIpc) is 3.33. The fraction of sp³-hybridized carbons (Fsp3) is 0.556. The normalized spacial score (nSPS) is 23.4. The summed E-state index contributed by atoms with van der Waals surface area (Å²) in [5.74, 6) is 1.09. The Balaban J connectivity index is 1.41. The first-order valence-corrected chi connectivity index (χ1v) is 9.08. The largest absolute Gasteiger partial charge is 0.453 e. The van der Waals surface area contributed by atoms with Crippen LogP contribution < -0.4 is 0 Å². The number of amides is 2. The van der Waals surface area contributed by atoms with Gasteiger partial charge in [-0.2, -0.15) is 0 Å². The van der Waals surface area contributed by atoms with Crippen molar-refractivity contribution in [2.45, 2.75) is 25.2 Å². The monoisotopic (exact) mass is 357 g/mol. The molecule has 26 heavy (non-hydrogen) atoms. The first-order valence-electron chi connectivity index (χ1n) is 9.08. The van der Waals surface area contributed by atoms with Crippen LogP contribution in [0.5, 0.6) is 0 Å². The Morgan fingerprint density at radius 3 is 2.92 bits per heavy atom. The maximum atomic E-state index is 12.9. The molecule has 8 heteroatoms. The van der Waals surface area contributed by atoms with E-state index >= 15 is 0 Å². The molecular weight excluding hydrogens is 334 g/mol. The van der Waals surface area contributed by atoms with E-state index in [1.54, 1.807) is 11.1 Å². The van der Waals surface area contributed by atoms with E-state index in [2.05, 4.69) is 15.0 Å². The molecule has 0 aliphatic carbocycles. The van der Waals surface area contributed by atoms with E-state index in [1.165, 1.54) is 7.11 Å². The first-order chi connectivity index (χ1) is 12.7. The molecule has 0 radical (unpaired) electrons. The Kier molecular flexibility index (Phi) is 4.48. The van der Waals surface area contributed by atoms with Crippen molar-refractivity contribution in [2.24, 2.45) is 5.92 Å². The Morgan fingerprint density at radius 1 is 1.23 bits per heavy atom. The number of likely N-dealkylation sites (tertiary alicyclic amines) is 2. The quantitative estimate of drug-likeness (QED) is 0.884. The van der Waals surface area contributed by atoms with E-state index < -0.39 is 0 Å². The highest BCUT2D eigenvalue weighted by atomic mass is 16.5. The Hall–Kier alpha value is -2.64. The van der Waals surface area contributed by atoms with E-state index in [4.69, 9.17) is 4.74 Å². The number of imidazole rings is 1. The maximum Gasteiger partial charge on any atom is 0.409 e. The minimum Gasteiger partial charge on any atom is -0.453 e. The Labute approximate surface area is 151 Å². The number of hydrogen-bond donors (Lipinski definition) is 1. The van der Waals surface area contributed by atoms with Crippen LogP contribution in [0.2, 0.25) is 0 Å². The molecule has 2 aliphatic heterocycles. The second-order valence-corrected chi connectivity index (χ2v) is 7.02. The fourth-order valence-electron chi connectivity index (χ4n) is 3.97. The lowest BCUT2D eigenvalue weighted by atomic mass is 9.97. The summed E-state index contributed by atoms with van der Waals surface area (Å²) in [6, 6.07) is 3.84. The van der Waals surface area contributed by atoms with Crippen LogP contribution in [0.4, 0.5) is 4.79 Å². The van der Waals surface area contributed by atoms with Crippen molar-refractivity contribution >= 4 is 23.2 Å². The van der Waals surface area contributed by atoms with Crippen LogP contribution in [0, 0.1) is 5.92 Å². The van der Waals surface area contributed by atoms with Crippen molar-refractivity contribution in [1.29, 1.82) is 0 Å². The predicted molar refractivity (Wildman–Crippen MR) is 94.5 cm³/mol. The molecule has 2 saturated heterocycles. The van der Waals surface area contributed by atoms with Gasteiger partial charge in [0.1, 0.15) is 5.82 Å². The number of H-pyrrole nitrogens is 1. The van der Waals surface area contributed by atoms with Crippen LogP contribution >= 0.6 is 0 Å². The molecule has 2 atom stereocenters. The molecule has 8 nitrogen and oxygen atoms in total. The molecule has 2 aromatic rings. The van der Waals surface area contributed by atoms with Gasteiger partial charge < -0.3 is 19.5 Å². The Morgan fingerprint density at radius 2 is 2.12 bits per heavy atom. The van der Waals surface area contributed by atoms with Crippen LogP contribution in [0.15, 0.2) is 18.3 Å². The summed E-state index contributed by atoms with van der Waals surface area (Å²) in [6.07, 6.45) is 3.92. The van der Waals surface area contributed by atoms with Gasteiger partial charge in [0, 0.05) is 38.3 Å². The number of piperidine rings is 1. The molecule has 0 bridgehead atoms. The van der Waals surface area contributed by atoms with Crippen molar-refractivity contribution in [3.63, 3.8) is 0 Å². The topological polar surface area (TPSA) is 91.4 Å². The van der Waals surface area contributed by atoms with E-state index in [9.17, 15) is 9.59 Å². The molecule has 4 rings (SSSR count). The summed E-state index contributed by atoms with van der Waals surface area (Å²) in [5.41, 5.74) is 1.64. The summed E-state index contributed by atoms with van der Waals surface area (Å²) < 4.78 is 4.79. The smallest absolute Gasteiger partial charge is 0.409 e. The minimum atomic E-state index is -0.350. The minimum absolute atomic E-state index is 0.135. The van der Waals surface area contributed by atoms with Crippen LogP contribution in [0.3, 0.4) is 0 Å². The standard InChI is InChI=1S/C18H23N5O3/c1-26-18(25)23-8-3-4-13(11-23)17(24)22-9-6-12(10-22)15-20-14-5-2-7-19-16(14)21-15/h2,5,7,12-13H,3-4,6,8-11H2,1H3,(H,19,20,21). The molecule has 0 spiro atoms. The van der Waals surface area contributed by atoms with Gasteiger partial charge in [0.05, 0.1) is 18.5 Å². The average molecular weight is 357 g/mol. The molecule has 2 fully saturated rings. The van der Waals surface area contributed by atoms with Crippen LogP contribution in [-0.4, -0.2) is 70.0 Å². The van der Waals surface area contributed by atoms with E-state index in [1.807, 2.05) is 17.0 Å². The molecule has 0 saturated carbocycles. The maximum absolute atomic E-state index is 12.9. The molecule has 0 aromatic carbocycles. The highest BCUT2D eigenvalue weighted by Gasteiger charge is 2.35. The SMILES string of the molecule is COC(=O)N1CCCC(C(=O)N2CCC(c3nc4ncccc4[nH]3)C2)C1. The summed E-state index contributed by atoms with van der Waals surface area (Å²) in [6.45, 7) is 2.49. The number of carbonyl (C=O) groups is 2. The number of fused-ring (bicyclic) bond motifs is 1. The van der Waals surface area contributed by atoms with Crippen molar-refractivity contribution < 1.29 is 14.3 Å². The highest BCUT2D eigenvalue weighted by Crippen LogP contribution is 2.29. The van der Waals surface area contributed by atoms with Crippen molar-refractivity contribution in [3.05, 3.63) is 24.2 Å². The van der Waals surface area contributed by atoms with Gasteiger partial charge in [-0.1, -0.05) is 0 Å². The lowest BCUT2D eigenvalue weighted by Crippen LogP contribution is -2.46. The fourth-order valence-corrected chi connectivity index (χ4v) is 3.97. The molecule has 138 valence electrons. The predicted octanol–water partition coefficient (Wildman–Crippen LogP) is 1.75. The number of aromatic amines is 1. The van der Waals surface area contributed by atoms with E-state index in [-0.39, 0.29) is 23.8 Å². The lowest BCUT2D eigenvalue weighted by Gasteiger charge is -2.33. The zero-order chi connectivity index (χ0) is 18.1. The third-order valence-corrected chi connectivity index (χ3v) is 5.37. The van der Waals surface area contributed by atoms with Gasteiger partial charge in [-0.3, -0.25) is 4.79 Å². The second kappa shape index (κ2) is 6.93. The lowest BCUT2D eigenvalue weighted by molar-refractivity contribution is -0.136. The zero-order valence-electron chi connectivity index (χ0n) is 14.9. The van der Waals surface area contributed by atoms with Crippen molar-refractivity contribution in [2.75, 3.05) is 33.3 Å². The molecule has 4 heterocycles. The highest BCUT2D eigenvalue weighted by molar-refractivity contribution is 5.80. The number of ether oxygens (including phenoxy) is 1. The number of pyridine rings is 1. The van der Waals surface area contributed by atoms with Gasteiger partial charge in [-0.15, -0.1) is 0 Å². The third kappa shape index (κ3) is 3.11. The van der Waals surface area contributed by atoms with Gasteiger partial charge in [0.15, 0.2) is 5.65 Å². The van der Waals surface area contributed by atoms with Gasteiger partial charge in [-0.25, -0.2) is 14.8 Å². The van der Waals surface area contributed by atoms with Crippen LogP contribution in [-0.2, 0) is 9.53 Å². The van der Waals surface area contributed by atoms with Gasteiger partial charge >= 0.3 is 6.09 Å². The van der Waals surface area contributed by atoms with Crippen LogP contribution in [0.25, 0.3) is 11.2 Å². The molecule has 1 N–H and O–H groups in total. The molecule has 2 amide bonds. The first kappa shape index (κ1) is 16.8. The molecular formula is C18H23N5O3. The number of nitrogens with one attached hydrogen (secondary N) is 1. The number of hydrogen-bond acceptors (Lipinski definition) is 5. The van der Waals surface area contributed by atoms with Gasteiger partial charge in [0.25, 0.3) is 0 Å². The summed E-state index contributed by atoms with van der Waals surface area (Å²) in [4.78, 5) is 40.4. The number of aromatic nitrogens is 3. The number of carbonyl (C=O) groups excluding carboxylic acids is 2. The number of nitrogens with zero attached hydrogens (tertiary/aromatic N) is 4. The van der Waals surface area contributed by atoms with Crippen molar-refractivity contribution in [3.8, 4) is 0 Å². The summed E-state index contributed by atoms with van der Waals surface area (Å²) in [5, 5.41) is 0. The van der Waals surface area contributed by atoms with Gasteiger partial charge in [-0.05, 0) is 31.4 Å². The van der Waals surface area contributed by atoms with Gasteiger partial charge in [0.2, 0.25) is 5.91 Å². The Bertz CT molecular complexity index is 787. The second-order valence-electron chi connectivity index (χ2n) is 7.02. The third-order valence-electron chi connectivity index (χ3n) is 5.37. The van der Waals surface area contributed by atoms with E-state index in [0.29, 0.717) is 25.3 Å². The zero-order valence-corrected chi connectivity index (χ0v) is 14.9. The van der Waals surface area contributed by atoms with Crippen LogP contribution in [0.1, 0.15) is 31.0 Å². The molecule has 2 aliphatic rings. The number of rotatable bonds is 2. The number of methoxy groups -OCH3 is 1. The molecule has 2 aromatic heterocycles. The summed E-state index contributed by atoms with van der Waals surface area (Å²) in [7, 11) is 1.38. The summed E-state index contributed by atoms with van der Waals surface area (Å²) >= 11 is 0. The van der Waals surface area contributed by atoms with Crippen molar-refractivity contribution in [1.82, 2.24) is 24.8 Å². The van der Waals surface area contributed by atoms with E-state index in [0.717, 1.165) is 37.1 Å². The molecule has 2 unspecified atom stereocenters.